The van der Waals surface area contributed by atoms with E-state index >= 15 is 0 Å². The second-order valence-electron chi connectivity index (χ2n) is 4.35. The van der Waals surface area contributed by atoms with Crippen LogP contribution in [0.15, 0.2) is 59.1 Å². The van der Waals surface area contributed by atoms with Crippen LogP contribution in [0.1, 0.15) is 5.56 Å². The molecule has 0 saturated heterocycles. The van der Waals surface area contributed by atoms with Gasteiger partial charge in [0.15, 0.2) is 6.61 Å². The predicted molar refractivity (Wildman–Crippen MR) is 89.4 cm³/mol. The van der Waals surface area contributed by atoms with Crippen molar-refractivity contribution in [3.8, 4) is 11.8 Å². The number of nitrogens with one attached hydrogen (secondary N) is 1. The molecule has 0 aliphatic rings. The number of hydrogen-bond acceptors (Lipinski definition) is 3. The van der Waals surface area contributed by atoms with Gasteiger partial charge in [0.25, 0.3) is 0 Å². The summed E-state index contributed by atoms with van der Waals surface area (Å²) in [5.74, 6) is 0.421. The molecule has 2 aromatic rings. The lowest BCUT2D eigenvalue weighted by atomic mass is 10.2. The lowest BCUT2D eigenvalue weighted by Crippen LogP contribution is -2.07. The molecule has 4 nitrogen and oxygen atoms in total. The maximum atomic E-state index is 11.8. The van der Waals surface area contributed by atoms with Crippen molar-refractivity contribution in [3.63, 3.8) is 0 Å². The number of rotatable bonds is 5. The number of anilines is 1. The van der Waals surface area contributed by atoms with Crippen LogP contribution in [0.3, 0.4) is 0 Å². The smallest absolute Gasteiger partial charge is 0.248 e. The summed E-state index contributed by atoms with van der Waals surface area (Å²) in [5, 5.41) is 11.2. The van der Waals surface area contributed by atoms with Crippen molar-refractivity contribution in [1.29, 1.82) is 5.26 Å². The van der Waals surface area contributed by atoms with Gasteiger partial charge in [-0.15, -0.1) is 0 Å². The van der Waals surface area contributed by atoms with Gasteiger partial charge in [-0.2, -0.15) is 5.26 Å². The Bertz CT molecular complexity index is 701. The average Bonchev–Trinajstić information content (AvgIpc) is 2.54. The maximum absolute atomic E-state index is 11.8. The first-order chi connectivity index (χ1) is 10.7. The monoisotopic (exact) mass is 356 g/mol. The van der Waals surface area contributed by atoms with Crippen molar-refractivity contribution >= 4 is 33.6 Å². The summed E-state index contributed by atoms with van der Waals surface area (Å²) < 4.78 is 6.11. The molecule has 0 aliphatic heterocycles. The molecule has 0 radical (unpaired) electrons. The zero-order valence-electron chi connectivity index (χ0n) is 11.6. The molecule has 110 valence electrons. The standard InChI is InChI=1S/C17H13BrN2O2/c18-14-4-6-15(7-5-14)20-17(21)10-3-13-1-8-16(9-2-13)22-12-11-19/h1-10H,12H2,(H,20,21)/b10-3+. The number of hydrogen-bond donors (Lipinski definition) is 1. The summed E-state index contributed by atoms with van der Waals surface area (Å²) in [6.07, 6.45) is 3.18. The van der Waals surface area contributed by atoms with E-state index in [2.05, 4.69) is 21.2 Å². The van der Waals surface area contributed by atoms with E-state index in [-0.39, 0.29) is 12.5 Å². The Labute approximate surface area is 137 Å². The van der Waals surface area contributed by atoms with Crippen LogP contribution in [0.4, 0.5) is 5.69 Å². The quantitative estimate of drug-likeness (QED) is 0.823. The topological polar surface area (TPSA) is 62.1 Å². The minimum absolute atomic E-state index is 0.0186. The Kier molecular flexibility index (Phi) is 5.75. The fraction of sp³-hybridized carbons (Fsp3) is 0.0588. The molecule has 0 bridgehead atoms. The molecule has 0 heterocycles. The van der Waals surface area contributed by atoms with Crippen LogP contribution in [0.2, 0.25) is 0 Å². The molecule has 2 aromatic carbocycles. The van der Waals surface area contributed by atoms with Crippen LogP contribution in [0.5, 0.6) is 5.75 Å². The number of nitriles is 1. The van der Waals surface area contributed by atoms with Crippen LogP contribution in [0.25, 0.3) is 6.08 Å². The number of amides is 1. The fourth-order valence-corrected chi connectivity index (χ4v) is 1.94. The summed E-state index contributed by atoms with van der Waals surface area (Å²) in [6.45, 7) is 0.0186. The first-order valence-electron chi connectivity index (χ1n) is 6.52. The third-order valence-corrected chi connectivity index (χ3v) is 3.25. The number of carbonyl (C=O) groups is 1. The second kappa shape index (κ2) is 8.01. The molecular formula is C17H13BrN2O2. The average molecular weight is 357 g/mol. The minimum atomic E-state index is -0.202. The SMILES string of the molecule is N#CCOc1ccc(/C=C/C(=O)Nc2ccc(Br)cc2)cc1. The normalized spacial score (nSPS) is 10.2. The van der Waals surface area contributed by atoms with Crippen molar-refractivity contribution < 1.29 is 9.53 Å². The van der Waals surface area contributed by atoms with Crippen LogP contribution in [-0.4, -0.2) is 12.5 Å². The van der Waals surface area contributed by atoms with Crippen molar-refractivity contribution in [3.05, 3.63) is 64.6 Å². The van der Waals surface area contributed by atoms with E-state index in [0.717, 1.165) is 15.7 Å². The molecule has 2 rings (SSSR count). The van der Waals surface area contributed by atoms with Crippen LogP contribution in [-0.2, 0) is 4.79 Å². The first kappa shape index (κ1) is 15.8. The Balaban J connectivity index is 1.92. The van der Waals surface area contributed by atoms with Gasteiger partial charge in [0.1, 0.15) is 11.8 Å². The van der Waals surface area contributed by atoms with Gasteiger partial charge in [-0.05, 0) is 48.0 Å². The Morgan fingerprint density at radius 2 is 1.86 bits per heavy atom. The van der Waals surface area contributed by atoms with Gasteiger partial charge < -0.3 is 10.1 Å². The van der Waals surface area contributed by atoms with E-state index in [1.54, 1.807) is 18.2 Å². The van der Waals surface area contributed by atoms with E-state index in [4.69, 9.17) is 10.00 Å². The molecule has 0 unspecified atom stereocenters. The van der Waals surface area contributed by atoms with Crippen LogP contribution >= 0.6 is 15.9 Å². The number of halogens is 1. The van der Waals surface area contributed by atoms with Gasteiger partial charge >= 0.3 is 0 Å². The molecule has 0 atom stereocenters. The third-order valence-electron chi connectivity index (χ3n) is 2.72. The number of ether oxygens (including phenoxy) is 1. The van der Waals surface area contributed by atoms with Crippen molar-refractivity contribution in [2.75, 3.05) is 11.9 Å². The maximum Gasteiger partial charge on any atom is 0.248 e. The van der Waals surface area contributed by atoms with Gasteiger partial charge in [0, 0.05) is 16.2 Å². The van der Waals surface area contributed by atoms with E-state index < -0.39 is 0 Å². The highest BCUT2D eigenvalue weighted by molar-refractivity contribution is 9.10. The van der Waals surface area contributed by atoms with Gasteiger partial charge in [-0.1, -0.05) is 28.1 Å². The third kappa shape index (κ3) is 5.08. The van der Waals surface area contributed by atoms with Gasteiger partial charge in [-0.3, -0.25) is 4.79 Å². The van der Waals surface area contributed by atoms with Crippen molar-refractivity contribution in [1.82, 2.24) is 0 Å². The number of nitrogens with zero attached hydrogens (tertiary/aromatic N) is 1. The first-order valence-corrected chi connectivity index (χ1v) is 7.31. The van der Waals surface area contributed by atoms with Crippen LogP contribution < -0.4 is 10.1 Å². The van der Waals surface area contributed by atoms with E-state index in [9.17, 15) is 4.79 Å². The molecular weight excluding hydrogens is 344 g/mol. The molecule has 22 heavy (non-hydrogen) atoms. The van der Waals surface area contributed by atoms with Crippen LogP contribution in [0, 0.1) is 11.3 Å². The second-order valence-corrected chi connectivity index (χ2v) is 5.26. The molecule has 0 saturated carbocycles. The summed E-state index contributed by atoms with van der Waals surface area (Å²) >= 11 is 3.34. The number of benzene rings is 2. The molecule has 0 fully saturated rings. The van der Waals surface area contributed by atoms with E-state index in [0.29, 0.717) is 5.75 Å². The van der Waals surface area contributed by atoms with E-state index in [1.807, 2.05) is 42.5 Å². The Morgan fingerprint density at radius 1 is 1.18 bits per heavy atom. The predicted octanol–water partition coefficient (Wildman–Crippen LogP) is 4.00. The molecule has 1 amide bonds. The van der Waals surface area contributed by atoms with Gasteiger partial charge in [-0.25, -0.2) is 0 Å². The minimum Gasteiger partial charge on any atom is -0.479 e. The summed E-state index contributed by atoms with van der Waals surface area (Å²) in [4.78, 5) is 11.8. The van der Waals surface area contributed by atoms with Gasteiger partial charge in [0.05, 0.1) is 0 Å². The van der Waals surface area contributed by atoms with Gasteiger partial charge in [0.2, 0.25) is 5.91 Å². The molecule has 0 aromatic heterocycles. The fourth-order valence-electron chi connectivity index (χ4n) is 1.68. The molecule has 0 aliphatic carbocycles. The molecule has 0 spiro atoms. The van der Waals surface area contributed by atoms with Crippen molar-refractivity contribution in [2.24, 2.45) is 0 Å². The lowest BCUT2D eigenvalue weighted by molar-refractivity contribution is -0.111. The highest BCUT2D eigenvalue weighted by atomic mass is 79.9. The molecule has 5 heteroatoms. The summed E-state index contributed by atoms with van der Waals surface area (Å²) in [7, 11) is 0. The summed E-state index contributed by atoms with van der Waals surface area (Å²) in [6, 6.07) is 16.4. The summed E-state index contributed by atoms with van der Waals surface area (Å²) in [5.41, 5.74) is 1.60. The highest BCUT2D eigenvalue weighted by Crippen LogP contribution is 2.15. The zero-order valence-corrected chi connectivity index (χ0v) is 13.2. The largest absolute Gasteiger partial charge is 0.479 e. The highest BCUT2D eigenvalue weighted by Gasteiger charge is 1.98. The zero-order chi connectivity index (χ0) is 15.8. The van der Waals surface area contributed by atoms with Crippen molar-refractivity contribution in [2.45, 2.75) is 0 Å². The Morgan fingerprint density at radius 3 is 2.50 bits per heavy atom. The molecule has 1 N–H and O–H groups in total. The lowest BCUT2D eigenvalue weighted by Gasteiger charge is -2.02. The Hall–Kier alpha value is -2.58. The van der Waals surface area contributed by atoms with E-state index in [1.165, 1.54) is 6.08 Å². The number of carbonyl (C=O) groups excluding carboxylic acids is 1.